The first-order valence-corrected chi connectivity index (χ1v) is 8.36. The zero-order valence-electron chi connectivity index (χ0n) is 15.1. The van der Waals surface area contributed by atoms with Gasteiger partial charge in [-0.15, -0.1) is 0 Å². The first-order valence-electron chi connectivity index (χ1n) is 7.98. The molecular weight excluding hydrogens is 390 g/mol. The number of carbonyl (C=O) groups excluding carboxylic acids is 3. The number of nitro benzene ring substituents is 1. The fraction of sp³-hybridized carbons (Fsp3) is 0.167. The lowest BCUT2D eigenvalue weighted by Gasteiger charge is -2.28. The average molecular weight is 404 g/mol. The predicted molar refractivity (Wildman–Crippen MR) is 99.5 cm³/mol. The van der Waals surface area contributed by atoms with Gasteiger partial charge >= 0.3 is 6.03 Å². The van der Waals surface area contributed by atoms with Gasteiger partial charge in [-0.05, 0) is 36.8 Å². The maximum absolute atomic E-state index is 12.2. The number of aryl methyl sites for hydroxylation is 1. The van der Waals surface area contributed by atoms with Crippen LogP contribution in [0.5, 0.6) is 0 Å². The third-order valence-electron chi connectivity index (χ3n) is 4.30. The Balaban J connectivity index is 2.04. The molecule has 28 heavy (non-hydrogen) atoms. The number of carbonyl (C=O) groups is 3. The molecule has 0 N–H and O–H groups in total. The van der Waals surface area contributed by atoms with Gasteiger partial charge in [-0.25, -0.2) is 4.79 Å². The Labute approximate surface area is 163 Å². The Bertz CT molecular complexity index is 1050. The smallest absolute Gasteiger partial charge is 0.333 e. The molecule has 1 aromatic carbocycles. The molecule has 0 unspecified atom stereocenters. The van der Waals surface area contributed by atoms with E-state index in [0.29, 0.717) is 10.6 Å². The minimum Gasteiger partial charge on any atom is -0.456 e. The minimum atomic E-state index is -0.768. The van der Waals surface area contributed by atoms with Crippen LogP contribution in [0.25, 0.3) is 17.4 Å². The highest BCUT2D eigenvalue weighted by Gasteiger charge is 2.38. The van der Waals surface area contributed by atoms with E-state index in [1.807, 2.05) is 0 Å². The molecule has 2 aromatic rings. The number of hydrogen-bond acceptors (Lipinski definition) is 6. The number of imide groups is 2. The summed E-state index contributed by atoms with van der Waals surface area (Å²) in [6.45, 7) is 1.64. The monoisotopic (exact) mass is 403 g/mol. The molecule has 1 aliphatic rings. The fourth-order valence-electron chi connectivity index (χ4n) is 2.71. The van der Waals surface area contributed by atoms with Crippen LogP contribution in [0.1, 0.15) is 11.3 Å². The van der Waals surface area contributed by atoms with E-state index in [1.165, 1.54) is 44.4 Å². The lowest BCUT2D eigenvalue weighted by Crippen LogP contribution is -2.52. The number of likely N-dealkylation sites (N-methyl/N-ethyl adjacent to an activating group) is 2. The number of urea groups is 1. The highest BCUT2D eigenvalue weighted by atomic mass is 35.5. The molecule has 0 aliphatic carbocycles. The van der Waals surface area contributed by atoms with Crippen LogP contribution < -0.4 is 0 Å². The number of benzene rings is 1. The van der Waals surface area contributed by atoms with Gasteiger partial charge in [0.15, 0.2) is 0 Å². The van der Waals surface area contributed by atoms with Crippen molar-refractivity contribution in [2.24, 2.45) is 0 Å². The third kappa shape index (κ3) is 3.16. The Hall–Kier alpha value is -3.46. The molecule has 10 heteroatoms. The van der Waals surface area contributed by atoms with Gasteiger partial charge in [-0.3, -0.25) is 29.5 Å². The summed E-state index contributed by atoms with van der Waals surface area (Å²) in [6, 6.07) is 4.94. The minimum absolute atomic E-state index is 0.119. The average Bonchev–Trinajstić information content (AvgIpc) is 3.12. The lowest BCUT2D eigenvalue weighted by atomic mass is 10.1. The van der Waals surface area contributed by atoms with Crippen molar-refractivity contribution in [3.63, 3.8) is 0 Å². The normalized spacial score (nSPS) is 14.7. The topological polar surface area (TPSA) is 114 Å². The molecule has 1 aliphatic heterocycles. The van der Waals surface area contributed by atoms with Crippen molar-refractivity contribution in [3.05, 3.63) is 56.3 Å². The van der Waals surface area contributed by atoms with Crippen molar-refractivity contribution < 1.29 is 23.7 Å². The number of amides is 4. The summed E-state index contributed by atoms with van der Waals surface area (Å²) in [5, 5.41) is 11.7. The van der Waals surface area contributed by atoms with Gasteiger partial charge in [0.2, 0.25) is 0 Å². The van der Waals surface area contributed by atoms with Crippen LogP contribution in [0.15, 0.2) is 34.3 Å². The van der Waals surface area contributed by atoms with E-state index in [-0.39, 0.29) is 28.3 Å². The highest BCUT2D eigenvalue weighted by Crippen LogP contribution is 2.36. The number of furan rings is 1. The second-order valence-electron chi connectivity index (χ2n) is 6.15. The summed E-state index contributed by atoms with van der Waals surface area (Å²) in [5.74, 6) is -1.27. The van der Waals surface area contributed by atoms with Gasteiger partial charge in [0.25, 0.3) is 17.5 Å². The van der Waals surface area contributed by atoms with Crippen molar-refractivity contribution in [2.45, 2.75) is 6.92 Å². The van der Waals surface area contributed by atoms with Gasteiger partial charge in [-0.2, -0.15) is 0 Å². The van der Waals surface area contributed by atoms with Gasteiger partial charge in [-0.1, -0.05) is 11.6 Å². The van der Waals surface area contributed by atoms with Crippen LogP contribution in [-0.2, 0) is 9.59 Å². The summed E-state index contributed by atoms with van der Waals surface area (Å²) in [5.41, 5.74) is 0.253. The number of hydrogen-bond donors (Lipinski definition) is 0. The molecule has 9 nitrogen and oxygen atoms in total. The standard InChI is InChI=1S/C18H14ClN3O6/c1-9-6-14(22(26)27)11(8-13(9)19)15-5-4-10(28-15)7-12-16(23)20(2)18(25)21(3)17(12)24/h4-8H,1-3H3. The number of rotatable bonds is 3. The van der Waals surface area contributed by atoms with Crippen molar-refractivity contribution >= 4 is 41.2 Å². The maximum atomic E-state index is 12.2. The zero-order chi connectivity index (χ0) is 20.7. The predicted octanol–water partition coefficient (Wildman–Crippen LogP) is 3.25. The number of nitro groups is 1. The Morgan fingerprint density at radius 3 is 2.29 bits per heavy atom. The van der Waals surface area contributed by atoms with E-state index < -0.39 is 22.8 Å². The van der Waals surface area contributed by atoms with E-state index in [1.54, 1.807) is 6.92 Å². The van der Waals surface area contributed by atoms with Crippen molar-refractivity contribution in [1.29, 1.82) is 0 Å². The molecule has 1 fully saturated rings. The number of nitrogens with zero attached hydrogens (tertiary/aromatic N) is 3. The molecule has 0 saturated carbocycles. The van der Waals surface area contributed by atoms with Crippen LogP contribution in [-0.4, -0.2) is 46.7 Å². The van der Waals surface area contributed by atoms with E-state index >= 15 is 0 Å². The SMILES string of the molecule is Cc1cc([N+](=O)[O-])c(-c2ccc(C=C3C(=O)N(C)C(=O)N(C)C3=O)o2)cc1Cl. The molecule has 1 saturated heterocycles. The van der Waals surface area contributed by atoms with Crippen LogP contribution >= 0.6 is 11.6 Å². The fourth-order valence-corrected chi connectivity index (χ4v) is 2.87. The van der Waals surface area contributed by atoms with Gasteiger partial charge < -0.3 is 4.42 Å². The van der Waals surface area contributed by atoms with Crippen molar-refractivity contribution in [3.8, 4) is 11.3 Å². The Kier molecular flexibility index (Phi) is 4.78. The number of barbiturate groups is 1. The molecule has 0 bridgehead atoms. The Morgan fingerprint density at radius 2 is 1.71 bits per heavy atom. The molecule has 0 atom stereocenters. The second kappa shape index (κ2) is 6.93. The zero-order valence-corrected chi connectivity index (χ0v) is 15.8. The molecule has 3 rings (SSSR count). The van der Waals surface area contributed by atoms with E-state index in [9.17, 15) is 24.5 Å². The first-order chi connectivity index (χ1) is 13.1. The molecule has 0 radical (unpaired) electrons. The van der Waals surface area contributed by atoms with Gasteiger partial charge in [0, 0.05) is 25.2 Å². The van der Waals surface area contributed by atoms with Crippen molar-refractivity contribution in [2.75, 3.05) is 14.1 Å². The molecule has 0 spiro atoms. The molecule has 2 heterocycles. The van der Waals surface area contributed by atoms with Gasteiger partial charge in [0.05, 0.1) is 10.5 Å². The number of halogens is 1. The Morgan fingerprint density at radius 1 is 1.11 bits per heavy atom. The van der Waals surface area contributed by atoms with Crippen LogP contribution in [0.4, 0.5) is 10.5 Å². The summed E-state index contributed by atoms with van der Waals surface area (Å²) in [6.07, 6.45) is 1.19. The largest absolute Gasteiger partial charge is 0.456 e. The van der Waals surface area contributed by atoms with Crippen LogP contribution in [0.3, 0.4) is 0 Å². The summed E-state index contributed by atoms with van der Waals surface area (Å²) in [4.78, 5) is 48.7. The van der Waals surface area contributed by atoms with Gasteiger partial charge in [0.1, 0.15) is 17.1 Å². The molecule has 4 amide bonds. The van der Waals surface area contributed by atoms with E-state index in [2.05, 4.69) is 0 Å². The third-order valence-corrected chi connectivity index (χ3v) is 4.70. The van der Waals surface area contributed by atoms with Crippen molar-refractivity contribution in [1.82, 2.24) is 9.80 Å². The summed E-state index contributed by atoms with van der Waals surface area (Å²) < 4.78 is 5.59. The molecule has 1 aromatic heterocycles. The maximum Gasteiger partial charge on any atom is 0.333 e. The molecular formula is C18H14ClN3O6. The highest BCUT2D eigenvalue weighted by molar-refractivity contribution is 6.32. The molecule has 144 valence electrons. The summed E-state index contributed by atoms with van der Waals surface area (Å²) in [7, 11) is 2.51. The van der Waals surface area contributed by atoms with E-state index in [0.717, 1.165) is 9.80 Å². The van der Waals surface area contributed by atoms with E-state index in [4.69, 9.17) is 16.0 Å². The van der Waals surface area contributed by atoms with Crippen LogP contribution in [0.2, 0.25) is 5.02 Å². The second-order valence-corrected chi connectivity index (χ2v) is 6.55. The lowest BCUT2D eigenvalue weighted by molar-refractivity contribution is -0.384. The quantitative estimate of drug-likeness (QED) is 0.336. The van der Waals surface area contributed by atoms with Crippen LogP contribution in [0, 0.1) is 17.0 Å². The summed E-state index contributed by atoms with van der Waals surface area (Å²) >= 11 is 6.08. The first kappa shape index (κ1) is 19.3.